The van der Waals surface area contributed by atoms with Gasteiger partial charge in [-0.2, -0.15) is 0 Å². The Morgan fingerprint density at radius 1 is 0.898 bits per heavy atom. The lowest BCUT2D eigenvalue weighted by atomic mass is 9.87. The number of aromatic nitrogens is 2. The smallest absolute Gasteiger partial charge is 0.317 e. The van der Waals surface area contributed by atoms with Crippen molar-refractivity contribution in [1.82, 2.24) is 30.0 Å². The third kappa shape index (κ3) is 14.1. The van der Waals surface area contributed by atoms with Gasteiger partial charge in [-0.1, -0.05) is 31.6 Å². The first-order valence-electron chi connectivity index (χ1n) is 16.4. The Hall–Kier alpha value is -4.79. The monoisotopic (exact) mass is 677 g/mol. The van der Waals surface area contributed by atoms with Crippen molar-refractivity contribution in [2.75, 3.05) is 45.8 Å². The quantitative estimate of drug-likeness (QED) is 0.112. The van der Waals surface area contributed by atoms with E-state index in [1.807, 2.05) is 25.1 Å². The largest absolute Gasteiger partial charge is 0.480 e. The van der Waals surface area contributed by atoms with Crippen LogP contribution < -0.4 is 5.32 Å². The van der Waals surface area contributed by atoms with Crippen molar-refractivity contribution in [3.05, 3.63) is 84.6 Å². The van der Waals surface area contributed by atoms with Crippen LogP contribution in [0.1, 0.15) is 54.4 Å². The van der Waals surface area contributed by atoms with E-state index in [0.717, 1.165) is 24.2 Å². The molecule has 2 heterocycles. The number of aliphatic carboxylic acids is 3. The molecule has 14 nitrogen and oxygen atoms in total. The van der Waals surface area contributed by atoms with Gasteiger partial charge in [0.05, 0.1) is 30.9 Å². The van der Waals surface area contributed by atoms with Crippen molar-refractivity contribution < 1.29 is 34.5 Å². The molecule has 49 heavy (non-hydrogen) atoms. The zero-order valence-corrected chi connectivity index (χ0v) is 28.0. The average molecular weight is 678 g/mol. The number of rotatable bonds is 21. The SMILES string of the molecule is C=C/C=C\N=C(/C)CN(CCNC(=O)c1ccc(CCN(CC(=O)O)C2CCCCC2N(CC(=O)O)CC(=O)O)nc1)Cc1ccccn1. The molecule has 1 fully saturated rings. The van der Waals surface area contributed by atoms with Crippen molar-refractivity contribution >= 4 is 29.5 Å². The summed E-state index contributed by atoms with van der Waals surface area (Å²) in [7, 11) is 0. The molecule has 2 unspecified atom stereocenters. The summed E-state index contributed by atoms with van der Waals surface area (Å²) < 4.78 is 0. The van der Waals surface area contributed by atoms with Gasteiger partial charge in [0.15, 0.2) is 0 Å². The number of nitrogens with one attached hydrogen (secondary N) is 1. The van der Waals surface area contributed by atoms with Gasteiger partial charge < -0.3 is 20.6 Å². The maximum absolute atomic E-state index is 13.0. The second kappa shape index (κ2) is 20.5. The number of carbonyl (C=O) groups excluding carboxylic acids is 1. The lowest BCUT2D eigenvalue weighted by Gasteiger charge is -2.43. The molecule has 264 valence electrons. The molecule has 0 aromatic carbocycles. The number of carbonyl (C=O) groups is 4. The normalized spacial score (nSPS) is 16.7. The van der Waals surface area contributed by atoms with Gasteiger partial charge in [0.1, 0.15) is 0 Å². The number of amides is 1. The molecule has 2 aromatic heterocycles. The number of carboxylic acid groups (broad SMARTS) is 3. The lowest BCUT2D eigenvalue weighted by Crippen LogP contribution is -2.56. The zero-order chi connectivity index (χ0) is 35.6. The van der Waals surface area contributed by atoms with E-state index in [0.29, 0.717) is 63.2 Å². The van der Waals surface area contributed by atoms with Crippen LogP contribution in [0.2, 0.25) is 0 Å². The van der Waals surface area contributed by atoms with Crippen molar-refractivity contribution in [1.29, 1.82) is 0 Å². The molecule has 4 N–H and O–H groups in total. The summed E-state index contributed by atoms with van der Waals surface area (Å²) in [4.78, 5) is 66.4. The molecular formula is C35H47N7O7. The number of pyridine rings is 2. The summed E-state index contributed by atoms with van der Waals surface area (Å²) in [5.41, 5.74) is 2.86. The molecule has 1 saturated carbocycles. The van der Waals surface area contributed by atoms with E-state index in [9.17, 15) is 34.5 Å². The highest BCUT2D eigenvalue weighted by Gasteiger charge is 2.36. The van der Waals surface area contributed by atoms with E-state index in [2.05, 4.69) is 31.8 Å². The van der Waals surface area contributed by atoms with Crippen LogP contribution in [-0.2, 0) is 27.3 Å². The minimum Gasteiger partial charge on any atom is -0.480 e. The topological polar surface area (TPSA) is 189 Å². The van der Waals surface area contributed by atoms with Crippen molar-refractivity contribution in [3.63, 3.8) is 0 Å². The van der Waals surface area contributed by atoms with Gasteiger partial charge in [-0.15, -0.1) is 0 Å². The van der Waals surface area contributed by atoms with Gasteiger partial charge >= 0.3 is 17.9 Å². The minimum absolute atomic E-state index is 0.273. The number of aliphatic imine (C=N–C) groups is 1. The van der Waals surface area contributed by atoms with E-state index in [-0.39, 0.29) is 18.5 Å². The summed E-state index contributed by atoms with van der Waals surface area (Å²) >= 11 is 0. The number of allylic oxidation sites excluding steroid dienone is 2. The first-order chi connectivity index (χ1) is 23.5. The second-order valence-corrected chi connectivity index (χ2v) is 12.0. The van der Waals surface area contributed by atoms with E-state index < -0.39 is 37.0 Å². The fourth-order valence-corrected chi connectivity index (χ4v) is 6.04. The Morgan fingerprint density at radius 2 is 1.57 bits per heavy atom. The van der Waals surface area contributed by atoms with Gasteiger partial charge in [0.2, 0.25) is 0 Å². The van der Waals surface area contributed by atoms with Crippen LogP contribution in [0, 0.1) is 0 Å². The first-order valence-corrected chi connectivity index (χ1v) is 16.4. The Kier molecular flexibility index (Phi) is 16.2. The fourth-order valence-electron chi connectivity index (χ4n) is 6.04. The number of hydrogen-bond acceptors (Lipinski definition) is 10. The van der Waals surface area contributed by atoms with Crippen LogP contribution in [-0.4, -0.2) is 127 Å². The maximum Gasteiger partial charge on any atom is 0.317 e. The van der Waals surface area contributed by atoms with Crippen LogP contribution in [0.25, 0.3) is 0 Å². The average Bonchev–Trinajstić information content (AvgIpc) is 3.06. The Bertz CT molecular complexity index is 1430. The molecule has 0 aliphatic heterocycles. The van der Waals surface area contributed by atoms with Crippen molar-refractivity contribution in [2.45, 2.75) is 57.7 Å². The van der Waals surface area contributed by atoms with Crippen LogP contribution in [0.3, 0.4) is 0 Å². The molecule has 1 aliphatic carbocycles. The van der Waals surface area contributed by atoms with E-state index in [1.54, 1.807) is 41.6 Å². The molecule has 3 rings (SSSR count). The van der Waals surface area contributed by atoms with Crippen LogP contribution in [0.5, 0.6) is 0 Å². The van der Waals surface area contributed by atoms with Crippen molar-refractivity contribution in [2.24, 2.45) is 4.99 Å². The third-order valence-corrected chi connectivity index (χ3v) is 8.18. The summed E-state index contributed by atoms with van der Waals surface area (Å²) in [6.45, 7) is 6.87. The molecule has 0 spiro atoms. The highest BCUT2D eigenvalue weighted by atomic mass is 16.4. The second-order valence-electron chi connectivity index (χ2n) is 12.0. The molecule has 2 aromatic rings. The maximum atomic E-state index is 13.0. The molecule has 1 aliphatic rings. The van der Waals surface area contributed by atoms with E-state index in [4.69, 9.17) is 0 Å². The summed E-state index contributed by atoms with van der Waals surface area (Å²) in [5, 5.41) is 31.4. The molecule has 0 saturated heterocycles. The third-order valence-electron chi connectivity index (χ3n) is 8.18. The highest BCUT2D eigenvalue weighted by molar-refractivity contribution is 5.93. The minimum atomic E-state index is -1.14. The molecule has 0 radical (unpaired) electrons. The van der Waals surface area contributed by atoms with Gasteiger partial charge in [-0.05, 0) is 50.1 Å². The summed E-state index contributed by atoms with van der Waals surface area (Å²) in [6, 6.07) is 8.41. The standard InChI is InChI=1S/C35H47N7O7/c1-3-4-15-36-26(2)21-40(22-29-9-7-8-16-37-29)19-17-38-35(49)27-12-13-28(39-20-27)14-18-41(23-32(43)44)30-10-5-6-11-31(30)42(24-33(45)46)25-34(47)48/h3-4,7-9,12-13,15-16,20,30-31H,1,5-6,10-11,14,17-19,21-25H2,2H3,(H,38,49)(H,43,44)(H,45,46)(H,47,48)/b15-4-,36-26+. The van der Waals surface area contributed by atoms with Crippen molar-refractivity contribution in [3.8, 4) is 0 Å². The molecule has 14 heteroatoms. The Morgan fingerprint density at radius 3 is 2.16 bits per heavy atom. The van der Waals surface area contributed by atoms with Gasteiger partial charge in [-0.3, -0.25) is 48.8 Å². The molecule has 1 amide bonds. The lowest BCUT2D eigenvalue weighted by molar-refractivity contribution is -0.146. The Balaban J connectivity index is 1.61. The predicted molar refractivity (Wildman–Crippen MR) is 184 cm³/mol. The summed E-state index contributed by atoms with van der Waals surface area (Å²) in [6.07, 6.45) is 11.6. The van der Waals surface area contributed by atoms with Crippen LogP contribution >= 0.6 is 0 Å². The van der Waals surface area contributed by atoms with E-state index >= 15 is 0 Å². The molecular weight excluding hydrogens is 630 g/mol. The zero-order valence-electron chi connectivity index (χ0n) is 28.0. The highest BCUT2D eigenvalue weighted by Crippen LogP contribution is 2.27. The number of hydrogen-bond donors (Lipinski definition) is 4. The number of nitrogens with zero attached hydrogens (tertiary/aromatic N) is 6. The molecule has 2 atom stereocenters. The fraction of sp³-hybridized carbons (Fsp3) is 0.457. The van der Waals surface area contributed by atoms with E-state index in [1.165, 1.54) is 11.1 Å². The molecule has 0 bridgehead atoms. The first kappa shape index (κ1) is 38.7. The van der Waals surface area contributed by atoms with Crippen LogP contribution in [0.4, 0.5) is 0 Å². The summed E-state index contributed by atoms with van der Waals surface area (Å²) in [5.74, 6) is -3.58. The van der Waals surface area contributed by atoms with Gasteiger partial charge in [0, 0.05) is 81.2 Å². The van der Waals surface area contributed by atoms with Gasteiger partial charge in [0.25, 0.3) is 5.91 Å². The van der Waals surface area contributed by atoms with Crippen LogP contribution in [0.15, 0.2) is 72.6 Å². The predicted octanol–water partition coefficient (Wildman–Crippen LogP) is 2.58. The number of carboxylic acids is 3. The Labute approximate surface area is 286 Å². The van der Waals surface area contributed by atoms with Gasteiger partial charge in [-0.25, -0.2) is 0 Å².